The molecule has 0 fully saturated rings. The molecule has 4 nitrogen and oxygen atoms in total. The van der Waals surface area contributed by atoms with Crippen LogP contribution in [0.1, 0.15) is 329 Å². The highest BCUT2D eigenvalue weighted by Gasteiger charge is 2.36. The molecule has 0 aliphatic carbocycles. The Morgan fingerprint density at radius 3 is 0.942 bits per heavy atom. The molecule has 0 heterocycles. The minimum atomic E-state index is -4.60. The van der Waals surface area contributed by atoms with Crippen molar-refractivity contribution in [1.82, 2.24) is 0 Å². The van der Waals surface area contributed by atoms with Crippen LogP contribution in [0.3, 0.4) is 0 Å². The Balaban J connectivity index is 4.88. The number of rotatable bonds is 44. The van der Waals surface area contributed by atoms with Crippen LogP contribution >= 0.6 is 7.82 Å². The number of allylic oxidation sites excluding steroid dienone is 10. The van der Waals surface area contributed by atoms with E-state index in [0.717, 1.165) is 114 Å². The van der Waals surface area contributed by atoms with E-state index in [2.05, 4.69) is 113 Å². The van der Waals surface area contributed by atoms with Crippen molar-refractivity contribution < 1.29 is 18.5 Å². The predicted octanol–water partition coefficient (Wildman–Crippen LogP) is 23.2. The van der Waals surface area contributed by atoms with Crippen LogP contribution in [0.15, 0.2) is 30.4 Å². The normalized spacial score (nSPS) is 14.5. The summed E-state index contributed by atoms with van der Waals surface area (Å²) >= 11 is 0. The average molecular weight is 978 g/mol. The third-order valence-corrected chi connectivity index (χ3v) is 15.6. The van der Waals surface area contributed by atoms with E-state index in [-0.39, 0.29) is 6.61 Å². The SMILES string of the molecule is C/C=C(/CCCCCCC)c1c(OP(=O)(O)OCCC(C)CCCC)c(/C(=C\C)CCCCCCC)c(/C(=C\C)CCCCCCC)c(/C(=C\C)CCCCCCC)c1/C(=C\C)CCCCCCC. The lowest BCUT2D eigenvalue weighted by atomic mass is 9.74. The smallest absolute Gasteiger partial charge is 0.403 e. The van der Waals surface area contributed by atoms with Gasteiger partial charge in [-0.25, -0.2) is 4.57 Å². The van der Waals surface area contributed by atoms with Gasteiger partial charge in [0.25, 0.3) is 0 Å². The molecule has 2 unspecified atom stereocenters. The van der Waals surface area contributed by atoms with E-state index in [0.29, 0.717) is 11.7 Å². The summed E-state index contributed by atoms with van der Waals surface area (Å²) in [6, 6.07) is 0. The van der Waals surface area contributed by atoms with E-state index in [1.807, 2.05) is 0 Å². The van der Waals surface area contributed by atoms with Crippen LogP contribution in [-0.4, -0.2) is 11.5 Å². The molecular weight excluding hydrogens is 864 g/mol. The van der Waals surface area contributed by atoms with Gasteiger partial charge in [-0.2, -0.15) is 0 Å². The van der Waals surface area contributed by atoms with Gasteiger partial charge in [-0.3, -0.25) is 9.42 Å². The van der Waals surface area contributed by atoms with Crippen LogP contribution in [-0.2, 0) is 9.09 Å². The molecule has 0 saturated carbocycles. The molecule has 69 heavy (non-hydrogen) atoms. The number of phosphoric ester groups is 1. The lowest BCUT2D eigenvalue weighted by Crippen LogP contribution is -2.14. The number of hydrogen-bond acceptors (Lipinski definition) is 3. The molecule has 1 aromatic rings. The highest BCUT2D eigenvalue weighted by Crippen LogP contribution is 2.56. The Morgan fingerprint density at radius 1 is 0.406 bits per heavy atom. The average Bonchev–Trinajstić information content (AvgIpc) is 3.34. The monoisotopic (exact) mass is 977 g/mol. The number of unbranched alkanes of at least 4 members (excludes halogenated alkanes) is 21. The van der Waals surface area contributed by atoms with Crippen molar-refractivity contribution in [3.8, 4) is 5.75 Å². The van der Waals surface area contributed by atoms with Gasteiger partial charge < -0.3 is 4.52 Å². The van der Waals surface area contributed by atoms with Gasteiger partial charge >= 0.3 is 7.82 Å². The minimum absolute atomic E-state index is 0.194. The van der Waals surface area contributed by atoms with Crippen LogP contribution in [0.2, 0.25) is 0 Å². The zero-order valence-corrected chi connectivity index (χ0v) is 48.7. The Hall–Kier alpha value is -2.13. The van der Waals surface area contributed by atoms with E-state index in [9.17, 15) is 9.46 Å². The first kappa shape index (κ1) is 64.9. The molecular formula is C64H113O4P. The van der Waals surface area contributed by atoms with Crippen LogP contribution < -0.4 is 4.52 Å². The van der Waals surface area contributed by atoms with Crippen molar-refractivity contribution in [2.24, 2.45) is 5.92 Å². The predicted molar refractivity (Wildman–Crippen MR) is 311 cm³/mol. The van der Waals surface area contributed by atoms with E-state index < -0.39 is 7.82 Å². The maximum Gasteiger partial charge on any atom is 0.527 e. The Bertz CT molecular complexity index is 1610. The third kappa shape index (κ3) is 25.4. The van der Waals surface area contributed by atoms with Crippen LogP contribution in [0.5, 0.6) is 5.75 Å². The topological polar surface area (TPSA) is 55.8 Å². The Kier molecular flexibility index (Phi) is 38.9. The van der Waals surface area contributed by atoms with Crippen molar-refractivity contribution in [2.75, 3.05) is 6.61 Å². The molecule has 0 aromatic heterocycles. The molecule has 0 aliphatic heterocycles. The maximum absolute atomic E-state index is 15.0. The molecule has 5 heteroatoms. The number of benzene rings is 1. The van der Waals surface area contributed by atoms with Gasteiger partial charge in [0.1, 0.15) is 5.75 Å². The summed E-state index contributed by atoms with van der Waals surface area (Å²) in [5, 5.41) is 0. The molecule has 398 valence electrons. The number of phosphoric acid groups is 1. The second kappa shape index (κ2) is 41.4. The maximum atomic E-state index is 15.0. The first-order valence-corrected chi connectivity index (χ1v) is 31.2. The first-order valence-electron chi connectivity index (χ1n) is 29.7. The van der Waals surface area contributed by atoms with Crippen molar-refractivity contribution >= 4 is 35.7 Å². The third-order valence-electron chi connectivity index (χ3n) is 14.7. The van der Waals surface area contributed by atoms with Gasteiger partial charge in [-0.05, 0) is 156 Å². The highest BCUT2D eigenvalue weighted by molar-refractivity contribution is 7.47. The highest BCUT2D eigenvalue weighted by atomic mass is 31.2. The van der Waals surface area contributed by atoms with Gasteiger partial charge in [-0.15, -0.1) is 0 Å². The first-order chi connectivity index (χ1) is 33.5. The fourth-order valence-corrected chi connectivity index (χ4v) is 11.1. The molecule has 0 aliphatic rings. The van der Waals surface area contributed by atoms with Gasteiger partial charge in [0.2, 0.25) is 0 Å². The van der Waals surface area contributed by atoms with Gasteiger partial charge in [0.05, 0.1) is 6.61 Å². The summed E-state index contributed by atoms with van der Waals surface area (Å²) in [6.07, 6.45) is 50.6. The van der Waals surface area contributed by atoms with E-state index in [1.165, 1.54) is 160 Å². The lowest BCUT2D eigenvalue weighted by molar-refractivity contribution is 0.190. The Labute approximate surface area is 430 Å². The van der Waals surface area contributed by atoms with Crippen LogP contribution in [0.4, 0.5) is 0 Å². The molecule has 0 saturated heterocycles. The van der Waals surface area contributed by atoms with Gasteiger partial charge in [0.15, 0.2) is 0 Å². The Morgan fingerprint density at radius 2 is 0.667 bits per heavy atom. The van der Waals surface area contributed by atoms with E-state index in [1.54, 1.807) is 0 Å². The van der Waals surface area contributed by atoms with Gasteiger partial charge in [-0.1, -0.05) is 227 Å². The van der Waals surface area contributed by atoms with Gasteiger partial charge in [0, 0.05) is 11.1 Å². The van der Waals surface area contributed by atoms with Crippen molar-refractivity contribution in [3.05, 3.63) is 58.2 Å². The zero-order chi connectivity index (χ0) is 51.1. The summed E-state index contributed by atoms with van der Waals surface area (Å²) < 4.78 is 28.1. The fourth-order valence-electron chi connectivity index (χ4n) is 10.3. The van der Waals surface area contributed by atoms with E-state index >= 15 is 0 Å². The lowest BCUT2D eigenvalue weighted by Gasteiger charge is -2.32. The standard InChI is InChI=1S/C64H113O4P/c1-13-24-30-35-40-46-54(19-7)59-60(55(20-8)47-41-36-31-25-14-2)62(57(22-10)49-43-38-33-27-16-4)64(68-69(65,66)67-52-51-53(12)45-29-18-6)63(58(23-11)50-44-39-34-28-17-5)61(59)56(21-9)48-42-37-32-26-15-3/h19-23,53H,13-18,24-52H2,1-12H3,(H,65,66)/b54-19-,55-20-,56-21-,57-22-,58-23-. The summed E-state index contributed by atoms with van der Waals surface area (Å²) in [5.74, 6) is 0.981. The molecule has 2 atom stereocenters. The van der Waals surface area contributed by atoms with Crippen molar-refractivity contribution in [2.45, 2.75) is 301 Å². The molecule has 1 N–H and O–H groups in total. The molecule has 0 spiro atoms. The van der Waals surface area contributed by atoms with E-state index in [4.69, 9.17) is 9.05 Å². The summed E-state index contributed by atoms with van der Waals surface area (Å²) in [4.78, 5) is 12.2. The molecule has 0 radical (unpaired) electrons. The molecule has 1 aromatic carbocycles. The second-order valence-electron chi connectivity index (χ2n) is 20.5. The summed E-state index contributed by atoms with van der Waals surface area (Å²) in [6.45, 7) is 27.3. The largest absolute Gasteiger partial charge is 0.527 e. The minimum Gasteiger partial charge on any atom is -0.403 e. The van der Waals surface area contributed by atoms with Crippen molar-refractivity contribution in [3.63, 3.8) is 0 Å². The fraction of sp³-hybridized carbons (Fsp3) is 0.750. The number of hydrogen-bond donors (Lipinski definition) is 1. The second-order valence-corrected chi connectivity index (χ2v) is 21.9. The summed E-state index contributed by atoms with van der Waals surface area (Å²) in [7, 11) is -4.60. The summed E-state index contributed by atoms with van der Waals surface area (Å²) in [5.41, 5.74) is 12.4. The molecule has 1 rings (SSSR count). The quantitative estimate of drug-likeness (QED) is 0.0523. The molecule has 0 bridgehead atoms. The van der Waals surface area contributed by atoms with Crippen LogP contribution in [0.25, 0.3) is 27.9 Å². The van der Waals surface area contributed by atoms with Crippen molar-refractivity contribution in [1.29, 1.82) is 0 Å². The zero-order valence-electron chi connectivity index (χ0n) is 47.8. The molecule has 0 amide bonds. The van der Waals surface area contributed by atoms with Crippen LogP contribution in [0, 0.1) is 5.92 Å².